The Bertz CT molecular complexity index is 1270. The van der Waals surface area contributed by atoms with Crippen molar-refractivity contribution in [1.29, 1.82) is 0 Å². The molecule has 172 valence electrons. The second-order valence-corrected chi connectivity index (χ2v) is 9.75. The monoisotopic (exact) mass is 471 g/mol. The maximum atomic E-state index is 13.5. The predicted molar refractivity (Wildman–Crippen MR) is 123 cm³/mol. The van der Waals surface area contributed by atoms with Gasteiger partial charge in [0.1, 0.15) is 11.6 Å². The smallest absolute Gasteiger partial charge is 0.255 e. The number of aryl methyl sites for hydroxylation is 1. The number of halogens is 2. The van der Waals surface area contributed by atoms with Crippen molar-refractivity contribution >= 4 is 27.3 Å². The molecule has 0 unspecified atom stereocenters. The van der Waals surface area contributed by atoms with Crippen LogP contribution in [-0.4, -0.2) is 44.8 Å². The van der Waals surface area contributed by atoms with E-state index in [1.807, 2.05) is 4.90 Å². The summed E-state index contributed by atoms with van der Waals surface area (Å²) in [6, 6.07) is 16.0. The molecule has 1 fully saturated rings. The van der Waals surface area contributed by atoms with Gasteiger partial charge in [-0.05, 0) is 67.1 Å². The zero-order valence-corrected chi connectivity index (χ0v) is 18.8. The lowest BCUT2D eigenvalue weighted by Crippen LogP contribution is -2.48. The third-order valence-corrected chi connectivity index (χ3v) is 7.51. The number of amides is 1. The first-order valence-corrected chi connectivity index (χ1v) is 11.9. The van der Waals surface area contributed by atoms with Crippen LogP contribution in [0.15, 0.2) is 71.6 Å². The summed E-state index contributed by atoms with van der Waals surface area (Å²) in [6.07, 6.45) is 0. The molecule has 9 heteroatoms. The van der Waals surface area contributed by atoms with Gasteiger partial charge in [0.05, 0.1) is 4.90 Å². The Morgan fingerprint density at radius 2 is 1.55 bits per heavy atom. The van der Waals surface area contributed by atoms with E-state index in [4.69, 9.17) is 0 Å². The molecule has 0 saturated carbocycles. The topological polar surface area (TPSA) is 69.7 Å². The van der Waals surface area contributed by atoms with Gasteiger partial charge < -0.3 is 10.2 Å². The molecule has 33 heavy (non-hydrogen) atoms. The maximum absolute atomic E-state index is 13.5. The highest BCUT2D eigenvalue weighted by Gasteiger charge is 2.29. The number of carbonyl (C=O) groups excluding carboxylic acids is 1. The summed E-state index contributed by atoms with van der Waals surface area (Å²) in [7, 11) is -3.81. The van der Waals surface area contributed by atoms with E-state index < -0.39 is 21.7 Å². The van der Waals surface area contributed by atoms with E-state index in [9.17, 15) is 22.0 Å². The molecule has 1 saturated heterocycles. The Labute approximate surface area is 191 Å². The molecule has 0 atom stereocenters. The number of hydrogen-bond acceptors (Lipinski definition) is 4. The van der Waals surface area contributed by atoms with Crippen molar-refractivity contribution in [2.24, 2.45) is 0 Å². The summed E-state index contributed by atoms with van der Waals surface area (Å²) >= 11 is 0. The van der Waals surface area contributed by atoms with Crippen molar-refractivity contribution in [2.45, 2.75) is 11.8 Å². The number of nitrogens with one attached hydrogen (secondary N) is 1. The summed E-state index contributed by atoms with van der Waals surface area (Å²) in [4.78, 5) is 14.7. The third kappa shape index (κ3) is 5.04. The fraction of sp³-hybridized carbons (Fsp3) is 0.208. The Kier molecular flexibility index (Phi) is 6.44. The van der Waals surface area contributed by atoms with E-state index in [1.165, 1.54) is 52.8 Å². The van der Waals surface area contributed by atoms with Gasteiger partial charge >= 0.3 is 0 Å². The number of hydrogen-bond donors (Lipinski definition) is 1. The molecule has 0 aliphatic carbocycles. The quantitative estimate of drug-likeness (QED) is 0.610. The minimum Gasteiger partial charge on any atom is -0.369 e. The van der Waals surface area contributed by atoms with Crippen molar-refractivity contribution in [3.05, 3.63) is 89.5 Å². The number of sulfonamides is 1. The van der Waals surface area contributed by atoms with Gasteiger partial charge in [0, 0.05) is 43.1 Å². The molecule has 1 N–H and O–H groups in total. The summed E-state index contributed by atoms with van der Waals surface area (Å²) in [5.74, 6) is -1.33. The first-order valence-electron chi connectivity index (χ1n) is 10.4. The van der Waals surface area contributed by atoms with E-state index >= 15 is 0 Å². The van der Waals surface area contributed by atoms with Gasteiger partial charge in [-0.25, -0.2) is 17.2 Å². The highest BCUT2D eigenvalue weighted by atomic mass is 32.2. The molecule has 0 aromatic heterocycles. The lowest BCUT2D eigenvalue weighted by atomic mass is 10.1. The van der Waals surface area contributed by atoms with Crippen molar-refractivity contribution in [1.82, 2.24) is 4.31 Å². The highest BCUT2D eigenvalue weighted by molar-refractivity contribution is 7.89. The Hall–Kier alpha value is -3.30. The Balaban J connectivity index is 1.47. The number of anilines is 2. The summed E-state index contributed by atoms with van der Waals surface area (Å²) in [5, 5.41) is 2.63. The normalized spacial score (nSPS) is 14.8. The molecule has 0 bridgehead atoms. The SMILES string of the molecule is Cc1ccc(F)cc1NC(=O)c1cccc(S(=O)(=O)N2CCN(c3ccc(F)cc3)CC2)c1. The molecule has 1 aliphatic heterocycles. The fourth-order valence-corrected chi connectivity index (χ4v) is 5.18. The predicted octanol–water partition coefficient (Wildman–Crippen LogP) is 4.04. The first kappa shape index (κ1) is 22.9. The summed E-state index contributed by atoms with van der Waals surface area (Å²) < 4.78 is 54.4. The number of rotatable bonds is 5. The van der Waals surface area contributed by atoms with E-state index in [2.05, 4.69) is 5.32 Å². The Morgan fingerprint density at radius 3 is 2.24 bits per heavy atom. The van der Waals surface area contributed by atoms with Crippen LogP contribution in [0, 0.1) is 18.6 Å². The first-order chi connectivity index (χ1) is 15.7. The minimum atomic E-state index is -3.81. The second-order valence-electron chi connectivity index (χ2n) is 7.81. The van der Waals surface area contributed by atoms with Gasteiger partial charge in [-0.2, -0.15) is 4.31 Å². The van der Waals surface area contributed by atoms with Gasteiger partial charge in [0.2, 0.25) is 10.0 Å². The number of piperazine rings is 1. The summed E-state index contributed by atoms with van der Waals surface area (Å²) in [6.45, 7) is 3.19. The number of benzene rings is 3. The van der Waals surface area contributed by atoms with Crippen molar-refractivity contribution < 1.29 is 22.0 Å². The molecule has 0 spiro atoms. The molecule has 1 heterocycles. The zero-order valence-electron chi connectivity index (χ0n) is 18.0. The largest absolute Gasteiger partial charge is 0.369 e. The standard InChI is InChI=1S/C24H23F2N3O3S/c1-17-5-6-20(26)16-23(17)27-24(30)18-3-2-4-22(15-18)33(31,32)29-13-11-28(12-14-29)21-9-7-19(25)8-10-21/h2-10,15-16H,11-14H2,1H3,(H,27,30). The van der Waals surface area contributed by atoms with Crippen LogP contribution in [-0.2, 0) is 10.0 Å². The van der Waals surface area contributed by atoms with Crippen molar-refractivity contribution in [2.75, 3.05) is 36.4 Å². The van der Waals surface area contributed by atoms with E-state index in [-0.39, 0.29) is 29.4 Å². The third-order valence-electron chi connectivity index (χ3n) is 5.61. The molecule has 3 aromatic carbocycles. The van der Waals surface area contributed by atoms with Crippen LogP contribution in [0.5, 0.6) is 0 Å². The second kappa shape index (κ2) is 9.29. The van der Waals surface area contributed by atoms with Gasteiger partial charge in [-0.3, -0.25) is 4.79 Å². The molecular formula is C24H23F2N3O3S. The maximum Gasteiger partial charge on any atom is 0.255 e. The molecule has 1 amide bonds. The van der Waals surface area contributed by atoms with Crippen LogP contribution >= 0.6 is 0 Å². The lowest BCUT2D eigenvalue weighted by Gasteiger charge is -2.35. The van der Waals surface area contributed by atoms with Gasteiger partial charge in [-0.15, -0.1) is 0 Å². The minimum absolute atomic E-state index is 0.0151. The van der Waals surface area contributed by atoms with Crippen LogP contribution in [0.25, 0.3) is 0 Å². The molecule has 4 rings (SSSR count). The van der Waals surface area contributed by atoms with Gasteiger partial charge in [-0.1, -0.05) is 12.1 Å². The summed E-state index contributed by atoms with van der Waals surface area (Å²) in [5.41, 5.74) is 2.00. The van der Waals surface area contributed by atoms with Crippen LogP contribution in [0.3, 0.4) is 0 Å². The molecular weight excluding hydrogens is 448 g/mol. The van der Waals surface area contributed by atoms with E-state index in [1.54, 1.807) is 25.1 Å². The number of nitrogens with zero attached hydrogens (tertiary/aromatic N) is 2. The molecule has 6 nitrogen and oxygen atoms in total. The fourth-order valence-electron chi connectivity index (χ4n) is 3.71. The van der Waals surface area contributed by atoms with Crippen LogP contribution in [0.2, 0.25) is 0 Å². The van der Waals surface area contributed by atoms with Crippen LogP contribution < -0.4 is 10.2 Å². The number of carbonyl (C=O) groups is 1. The van der Waals surface area contributed by atoms with Gasteiger partial charge in [0.25, 0.3) is 5.91 Å². The van der Waals surface area contributed by atoms with Gasteiger partial charge in [0.15, 0.2) is 0 Å². The van der Waals surface area contributed by atoms with E-state index in [0.717, 1.165) is 5.69 Å². The van der Waals surface area contributed by atoms with Crippen molar-refractivity contribution in [3.63, 3.8) is 0 Å². The average Bonchev–Trinajstić information content (AvgIpc) is 2.82. The van der Waals surface area contributed by atoms with E-state index in [0.29, 0.717) is 24.3 Å². The van der Waals surface area contributed by atoms with Crippen LogP contribution in [0.4, 0.5) is 20.2 Å². The van der Waals surface area contributed by atoms with Crippen molar-refractivity contribution in [3.8, 4) is 0 Å². The molecule has 0 radical (unpaired) electrons. The average molecular weight is 472 g/mol. The molecule has 1 aliphatic rings. The Morgan fingerprint density at radius 1 is 0.879 bits per heavy atom. The highest BCUT2D eigenvalue weighted by Crippen LogP contribution is 2.23. The molecule has 3 aromatic rings. The zero-order chi connectivity index (χ0) is 23.6. The lowest BCUT2D eigenvalue weighted by molar-refractivity contribution is 0.102. The van der Waals surface area contributed by atoms with Crippen LogP contribution in [0.1, 0.15) is 15.9 Å².